The first-order valence-electron chi connectivity index (χ1n) is 6.40. The number of carbonyl (C=O) groups is 2. The first kappa shape index (κ1) is 12.4. The van der Waals surface area contributed by atoms with Crippen LogP contribution >= 0.6 is 0 Å². The summed E-state index contributed by atoms with van der Waals surface area (Å²) in [5, 5.41) is 9.44. The standard InChI is InChI=1S/C13H20O4/c1-4-8-6(2)5-9-10(11(8)12(14)15)7(3)17-13(9)16/h6-11H,4-5H2,1-3H3,(H,14,15)/t6?,7-,8?,9?,10?,11?/m1/s1. The number of ether oxygens (including phenoxy) is 1. The van der Waals surface area contributed by atoms with Crippen LogP contribution in [0.25, 0.3) is 0 Å². The lowest BCUT2D eigenvalue weighted by atomic mass is 9.61. The molecule has 96 valence electrons. The third kappa shape index (κ3) is 1.83. The number of hydrogen-bond acceptors (Lipinski definition) is 3. The normalized spacial score (nSPS) is 45.2. The molecule has 2 aliphatic rings. The van der Waals surface area contributed by atoms with Gasteiger partial charge in [0.05, 0.1) is 11.8 Å². The van der Waals surface area contributed by atoms with Gasteiger partial charge in [-0.15, -0.1) is 0 Å². The molecule has 0 amide bonds. The Labute approximate surface area is 101 Å². The van der Waals surface area contributed by atoms with Gasteiger partial charge < -0.3 is 9.84 Å². The lowest BCUT2D eigenvalue weighted by molar-refractivity contribution is -0.151. The van der Waals surface area contributed by atoms with E-state index in [0.717, 1.165) is 12.8 Å². The molecule has 0 radical (unpaired) electrons. The number of carbonyl (C=O) groups excluding carboxylic acids is 1. The molecule has 6 atom stereocenters. The van der Waals surface area contributed by atoms with Gasteiger partial charge >= 0.3 is 11.9 Å². The molecule has 0 bridgehead atoms. The molecule has 0 aromatic carbocycles. The highest BCUT2D eigenvalue weighted by atomic mass is 16.6. The van der Waals surface area contributed by atoms with Crippen LogP contribution in [0, 0.1) is 29.6 Å². The molecule has 1 N–H and O–H groups in total. The SMILES string of the molecule is CCC1C(C)CC2C(=O)O[C@H](C)C2C1C(=O)O. The monoisotopic (exact) mass is 240 g/mol. The van der Waals surface area contributed by atoms with Crippen molar-refractivity contribution in [3.8, 4) is 0 Å². The van der Waals surface area contributed by atoms with Crippen molar-refractivity contribution in [2.75, 3.05) is 0 Å². The van der Waals surface area contributed by atoms with Gasteiger partial charge in [-0.1, -0.05) is 20.3 Å². The minimum atomic E-state index is -0.774. The summed E-state index contributed by atoms with van der Waals surface area (Å²) in [5.74, 6) is -1.31. The van der Waals surface area contributed by atoms with Crippen LogP contribution < -0.4 is 0 Å². The third-order valence-corrected chi connectivity index (χ3v) is 4.60. The summed E-state index contributed by atoms with van der Waals surface area (Å²) in [6.45, 7) is 5.90. The molecule has 2 fully saturated rings. The fraction of sp³-hybridized carbons (Fsp3) is 0.846. The molecule has 0 spiro atoms. The molecule has 0 aromatic rings. The van der Waals surface area contributed by atoms with Crippen LogP contribution in [0.5, 0.6) is 0 Å². The van der Waals surface area contributed by atoms with Crippen LogP contribution in [0.4, 0.5) is 0 Å². The van der Waals surface area contributed by atoms with Crippen molar-refractivity contribution in [2.45, 2.75) is 39.7 Å². The molecule has 5 unspecified atom stereocenters. The summed E-state index contributed by atoms with van der Waals surface area (Å²) in [6, 6.07) is 0. The zero-order chi connectivity index (χ0) is 12.7. The van der Waals surface area contributed by atoms with Gasteiger partial charge in [0.25, 0.3) is 0 Å². The zero-order valence-electron chi connectivity index (χ0n) is 10.6. The number of carboxylic acid groups (broad SMARTS) is 1. The van der Waals surface area contributed by atoms with Crippen molar-refractivity contribution in [1.82, 2.24) is 0 Å². The maximum absolute atomic E-state index is 11.7. The number of hydrogen-bond donors (Lipinski definition) is 1. The molecular weight excluding hydrogens is 220 g/mol. The van der Waals surface area contributed by atoms with Gasteiger partial charge in [0.2, 0.25) is 0 Å². The predicted octanol–water partition coefficient (Wildman–Crippen LogP) is 1.93. The van der Waals surface area contributed by atoms with Crippen molar-refractivity contribution in [3.63, 3.8) is 0 Å². The van der Waals surface area contributed by atoms with E-state index >= 15 is 0 Å². The number of cyclic esters (lactones) is 1. The van der Waals surface area contributed by atoms with Gasteiger partial charge in [-0.05, 0) is 25.2 Å². The van der Waals surface area contributed by atoms with Gasteiger partial charge in [-0.3, -0.25) is 9.59 Å². The molecule has 1 aliphatic heterocycles. The number of esters is 1. The molecule has 1 aliphatic carbocycles. The van der Waals surface area contributed by atoms with Crippen molar-refractivity contribution in [2.24, 2.45) is 29.6 Å². The van der Waals surface area contributed by atoms with Crippen LogP contribution in [-0.2, 0) is 14.3 Å². The van der Waals surface area contributed by atoms with E-state index in [0.29, 0.717) is 0 Å². The summed E-state index contributed by atoms with van der Waals surface area (Å²) in [6.07, 6.45) is 1.37. The Hall–Kier alpha value is -1.06. The molecular formula is C13H20O4. The van der Waals surface area contributed by atoms with Crippen LogP contribution in [0.1, 0.15) is 33.6 Å². The molecule has 0 aromatic heterocycles. The zero-order valence-corrected chi connectivity index (χ0v) is 10.6. The Balaban J connectivity index is 2.34. The van der Waals surface area contributed by atoms with Crippen LogP contribution in [0.15, 0.2) is 0 Å². The van der Waals surface area contributed by atoms with E-state index in [4.69, 9.17) is 4.74 Å². The fourth-order valence-electron chi connectivity index (χ4n) is 3.85. The largest absolute Gasteiger partial charge is 0.481 e. The second kappa shape index (κ2) is 4.31. The van der Waals surface area contributed by atoms with E-state index in [-0.39, 0.29) is 35.7 Å². The summed E-state index contributed by atoms with van der Waals surface area (Å²) < 4.78 is 5.23. The van der Waals surface area contributed by atoms with Crippen molar-refractivity contribution < 1.29 is 19.4 Å². The Morgan fingerprint density at radius 3 is 2.65 bits per heavy atom. The maximum atomic E-state index is 11.7. The summed E-state index contributed by atoms with van der Waals surface area (Å²) >= 11 is 0. The van der Waals surface area contributed by atoms with Crippen LogP contribution in [0.2, 0.25) is 0 Å². The summed E-state index contributed by atoms with van der Waals surface area (Å²) in [5.41, 5.74) is 0. The maximum Gasteiger partial charge on any atom is 0.309 e. The van der Waals surface area contributed by atoms with Gasteiger partial charge in [0, 0.05) is 5.92 Å². The first-order chi connectivity index (χ1) is 7.97. The summed E-state index contributed by atoms with van der Waals surface area (Å²) in [7, 11) is 0. The second-order valence-electron chi connectivity index (χ2n) is 5.47. The lowest BCUT2D eigenvalue weighted by Gasteiger charge is -2.40. The number of aliphatic carboxylic acids is 1. The average molecular weight is 240 g/mol. The minimum Gasteiger partial charge on any atom is -0.481 e. The third-order valence-electron chi connectivity index (χ3n) is 4.60. The highest BCUT2D eigenvalue weighted by Gasteiger charge is 2.55. The second-order valence-corrected chi connectivity index (χ2v) is 5.47. The minimum absolute atomic E-state index is 0.138. The number of rotatable bonds is 2. The highest BCUT2D eigenvalue weighted by molar-refractivity contribution is 5.79. The van der Waals surface area contributed by atoms with Crippen molar-refractivity contribution in [1.29, 1.82) is 0 Å². The number of fused-ring (bicyclic) bond motifs is 1. The van der Waals surface area contributed by atoms with E-state index in [1.165, 1.54) is 0 Å². The molecule has 4 heteroatoms. The lowest BCUT2D eigenvalue weighted by Crippen LogP contribution is -2.45. The quantitative estimate of drug-likeness (QED) is 0.749. The van der Waals surface area contributed by atoms with E-state index in [2.05, 4.69) is 6.92 Å². The Bertz CT molecular complexity index is 338. The van der Waals surface area contributed by atoms with Gasteiger partial charge in [0.15, 0.2) is 0 Å². The number of carboxylic acids is 1. The van der Waals surface area contributed by atoms with Gasteiger partial charge in [-0.2, -0.15) is 0 Å². The Morgan fingerprint density at radius 1 is 1.47 bits per heavy atom. The van der Waals surface area contributed by atoms with E-state index in [1.807, 2.05) is 13.8 Å². The molecule has 1 heterocycles. The van der Waals surface area contributed by atoms with Crippen LogP contribution in [-0.4, -0.2) is 23.1 Å². The fourth-order valence-corrected chi connectivity index (χ4v) is 3.85. The van der Waals surface area contributed by atoms with E-state index in [9.17, 15) is 14.7 Å². The molecule has 1 saturated heterocycles. The molecule has 4 nitrogen and oxygen atoms in total. The Morgan fingerprint density at radius 2 is 2.12 bits per heavy atom. The van der Waals surface area contributed by atoms with Gasteiger partial charge in [-0.25, -0.2) is 0 Å². The Kier molecular flexibility index (Phi) is 3.15. The van der Waals surface area contributed by atoms with Crippen molar-refractivity contribution in [3.05, 3.63) is 0 Å². The van der Waals surface area contributed by atoms with Crippen LogP contribution in [0.3, 0.4) is 0 Å². The first-order valence-corrected chi connectivity index (χ1v) is 6.40. The smallest absolute Gasteiger partial charge is 0.309 e. The van der Waals surface area contributed by atoms with Gasteiger partial charge in [0.1, 0.15) is 6.10 Å². The molecule has 2 rings (SSSR count). The topological polar surface area (TPSA) is 63.6 Å². The molecule has 1 saturated carbocycles. The van der Waals surface area contributed by atoms with E-state index < -0.39 is 11.9 Å². The molecule has 17 heavy (non-hydrogen) atoms. The average Bonchev–Trinajstić information content (AvgIpc) is 2.52. The predicted molar refractivity (Wildman–Crippen MR) is 61.2 cm³/mol. The van der Waals surface area contributed by atoms with E-state index in [1.54, 1.807) is 0 Å². The highest BCUT2D eigenvalue weighted by Crippen LogP contribution is 2.49. The summed E-state index contributed by atoms with van der Waals surface area (Å²) in [4.78, 5) is 23.2. The van der Waals surface area contributed by atoms with Crippen molar-refractivity contribution >= 4 is 11.9 Å².